The van der Waals surface area contributed by atoms with Crippen LogP contribution >= 0.6 is 0 Å². The topological polar surface area (TPSA) is 27.5 Å². The third-order valence-electron chi connectivity index (χ3n) is 6.83. The standard InChI is InChI=1S/C25H33N5/c1-20-7-3-4-8-23(20)30-18-17-29(19-21(30)2)24-10-9-22-11-14-28(25(22)26-24)16-15-27-12-5-6-13-27/h3-4,7-11,14,21H,5-6,12-13,15-19H2,1-2H3/t21-/m0/s1. The number of para-hydroxylation sites is 1. The minimum atomic E-state index is 0.458. The Kier molecular flexibility index (Phi) is 5.38. The average molecular weight is 404 g/mol. The Labute approximate surface area is 179 Å². The summed E-state index contributed by atoms with van der Waals surface area (Å²) in [6.45, 7) is 12.2. The van der Waals surface area contributed by atoms with Gasteiger partial charge < -0.3 is 19.3 Å². The summed E-state index contributed by atoms with van der Waals surface area (Å²) in [6, 6.07) is 15.8. The molecule has 5 rings (SSSR count). The molecule has 0 radical (unpaired) electrons. The number of piperazine rings is 1. The van der Waals surface area contributed by atoms with Crippen LogP contribution in [0.1, 0.15) is 25.3 Å². The summed E-state index contributed by atoms with van der Waals surface area (Å²) >= 11 is 0. The minimum Gasteiger partial charge on any atom is -0.365 e. The molecule has 30 heavy (non-hydrogen) atoms. The fraction of sp³-hybridized carbons (Fsp3) is 0.480. The van der Waals surface area contributed by atoms with Gasteiger partial charge in [-0.1, -0.05) is 18.2 Å². The Morgan fingerprint density at radius 3 is 2.57 bits per heavy atom. The molecule has 158 valence electrons. The highest BCUT2D eigenvalue weighted by Crippen LogP contribution is 2.27. The predicted molar refractivity (Wildman–Crippen MR) is 126 cm³/mol. The van der Waals surface area contributed by atoms with E-state index in [0.29, 0.717) is 6.04 Å². The van der Waals surface area contributed by atoms with E-state index in [-0.39, 0.29) is 0 Å². The summed E-state index contributed by atoms with van der Waals surface area (Å²) < 4.78 is 2.34. The number of aromatic nitrogens is 2. The van der Waals surface area contributed by atoms with Gasteiger partial charge in [0.25, 0.3) is 0 Å². The Morgan fingerprint density at radius 2 is 1.77 bits per heavy atom. The van der Waals surface area contributed by atoms with Crippen molar-refractivity contribution in [3.63, 3.8) is 0 Å². The van der Waals surface area contributed by atoms with Crippen LogP contribution in [0.2, 0.25) is 0 Å². The highest BCUT2D eigenvalue weighted by molar-refractivity contribution is 5.78. The number of hydrogen-bond donors (Lipinski definition) is 0. The number of nitrogens with zero attached hydrogens (tertiary/aromatic N) is 5. The van der Waals surface area contributed by atoms with Crippen LogP contribution in [-0.4, -0.2) is 59.8 Å². The molecule has 2 aliphatic heterocycles. The Morgan fingerprint density at radius 1 is 0.933 bits per heavy atom. The van der Waals surface area contributed by atoms with E-state index in [1.54, 1.807) is 0 Å². The van der Waals surface area contributed by atoms with E-state index < -0.39 is 0 Å². The summed E-state index contributed by atoms with van der Waals surface area (Å²) in [5.74, 6) is 1.11. The highest BCUT2D eigenvalue weighted by atomic mass is 15.3. The van der Waals surface area contributed by atoms with Gasteiger partial charge in [-0.05, 0) is 69.6 Å². The van der Waals surface area contributed by atoms with Crippen LogP contribution in [0.15, 0.2) is 48.7 Å². The molecule has 1 aromatic carbocycles. The van der Waals surface area contributed by atoms with E-state index in [9.17, 15) is 0 Å². The van der Waals surface area contributed by atoms with Gasteiger partial charge in [-0.15, -0.1) is 0 Å². The number of likely N-dealkylation sites (tertiary alicyclic amines) is 1. The first-order chi connectivity index (χ1) is 14.7. The number of benzene rings is 1. The SMILES string of the molecule is Cc1ccccc1N1CCN(c2ccc3ccn(CCN4CCCC4)c3n2)C[C@@H]1C. The highest BCUT2D eigenvalue weighted by Gasteiger charge is 2.25. The molecular weight excluding hydrogens is 370 g/mol. The van der Waals surface area contributed by atoms with Crippen LogP contribution in [-0.2, 0) is 6.54 Å². The molecule has 2 aliphatic rings. The van der Waals surface area contributed by atoms with E-state index >= 15 is 0 Å². The number of hydrogen-bond acceptors (Lipinski definition) is 4. The van der Waals surface area contributed by atoms with Gasteiger partial charge >= 0.3 is 0 Å². The predicted octanol–water partition coefficient (Wildman–Crippen LogP) is 4.16. The lowest BCUT2D eigenvalue weighted by atomic mass is 10.1. The van der Waals surface area contributed by atoms with Crippen molar-refractivity contribution in [1.82, 2.24) is 14.5 Å². The summed E-state index contributed by atoms with van der Waals surface area (Å²) in [5.41, 5.74) is 3.85. The lowest BCUT2D eigenvalue weighted by molar-refractivity contribution is 0.324. The second-order valence-corrected chi connectivity index (χ2v) is 8.92. The van der Waals surface area contributed by atoms with E-state index in [1.165, 1.54) is 42.6 Å². The van der Waals surface area contributed by atoms with E-state index in [2.05, 4.69) is 81.8 Å². The molecule has 0 N–H and O–H groups in total. The number of fused-ring (bicyclic) bond motifs is 1. The Hall–Kier alpha value is -2.53. The van der Waals surface area contributed by atoms with Crippen LogP contribution in [0.5, 0.6) is 0 Å². The largest absolute Gasteiger partial charge is 0.365 e. The Bertz CT molecular complexity index is 1000. The molecule has 2 saturated heterocycles. The Balaban J connectivity index is 1.31. The molecule has 5 nitrogen and oxygen atoms in total. The number of anilines is 2. The fourth-order valence-corrected chi connectivity index (χ4v) is 5.07. The molecule has 3 aromatic rings. The third-order valence-corrected chi connectivity index (χ3v) is 6.83. The van der Waals surface area contributed by atoms with Gasteiger partial charge in [0.05, 0.1) is 0 Å². The summed E-state index contributed by atoms with van der Waals surface area (Å²) in [4.78, 5) is 12.7. The minimum absolute atomic E-state index is 0.458. The van der Waals surface area contributed by atoms with Gasteiger partial charge in [0.1, 0.15) is 11.5 Å². The van der Waals surface area contributed by atoms with Gasteiger partial charge in [-0.25, -0.2) is 4.98 Å². The molecule has 0 unspecified atom stereocenters. The molecule has 4 heterocycles. The molecule has 2 aromatic heterocycles. The van der Waals surface area contributed by atoms with Gasteiger partial charge in [0.15, 0.2) is 0 Å². The van der Waals surface area contributed by atoms with E-state index in [0.717, 1.165) is 44.2 Å². The maximum atomic E-state index is 5.11. The monoisotopic (exact) mass is 403 g/mol. The van der Waals surface area contributed by atoms with Crippen LogP contribution in [0.3, 0.4) is 0 Å². The third kappa shape index (κ3) is 3.79. The molecule has 0 amide bonds. The zero-order valence-corrected chi connectivity index (χ0v) is 18.3. The first-order valence-corrected chi connectivity index (χ1v) is 11.4. The quantitative estimate of drug-likeness (QED) is 0.639. The smallest absolute Gasteiger partial charge is 0.142 e. The van der Waals surface area contributed by atoms with Crippen molar-refractivity contribution in [2.75, 3.05) is 49.1 Å². The number of aryl methyl sites for hydroxylation is 1. The lowest BCUT2D eigenvalue weighted by Crippen LogP contribution is -2.52. The van der Waals surface area contributed by atoms with Crippen molar-refractivity contribution < 1.29 is 0 Å². The van der Waals surface area contributed by atoms with Crippen molar-refractivity contribution in [1.29, 1.82) is 0 Å². The first-order valence-electron chi connectivity index (χ1n) is 11.4. The molecule has 1 atom stereocenters. The average Bonchev–Trinajstić information content (AvgIpc) is 3.42. The van der Waals surface area contributed by atoms with Crippen LogP contribution in [0, 0.1) is 6.92 Å². The molecule has 0 spiro atoms. The summed E-state index contributed by atoms with van der Waals surface area (Å²) in [5, 5.41) is 1.24. The molecule has 0 saturated carbocycles. The zero-order chi connectivity index (χ0) is 20.5. The molecular formula is C25H33N5. The first kappa shape index (κ1) is 19.4. The second-order valence-electron chi connectivity index (χ2n) is 8.92. The number of rotatable bonds is 5. The summed E-state index contributed by atoms with van der Waals surface area (Å²) in [6.07, 6.45) is 4.90. The number of pyridine rings is 1. The van der Waals surface area contributed by atoms with Crippen molar-refractivity contribution in [2.45, 2.75) is 39.3 Å². The fourth-order valence-electron chi connectivity index (χ4n) is 5.07. The molecule has 0 bridgehead atoms. The van der Waals surface area contributed by atoms with Crippen LogP contribution in [0.4, 0.5) is 11.5 Å². The maximum Gasteiger partial charge on any atom is 0.142 e. The normalized spacial score (nSPS) is 20.4. The van der Waals surface area contributed by atoms with Gasteiger partial charge in [-0.2, -0.15) is 0 Å². The maximum absolute atomic E-state index is 5.11. The van der Waals surface area contributed by atoms with Crippen molar-refractivity contribution in [2.24, 2.45) is 0 Å². The summed E-state index contributed by atoms with van der Waals surface area (Å²) in [7, 11) is 0. The zero-order valence-electron chi connectivity index (χ0n) is 18.3. The van der Waals surface area contributed by atoms with Gasteiger partial charge in [0.2, 0.25) is 0 Å². The van der Waals surface area contributed by atoms with Crippen molar-refractivity contribution in [3.05, 3.63) is 54.2 Å². The van der Waals surface area contributed by atoms with E-state index in [4.69, 9.17) is 4.98 Å². The van der Waals surface area contributed by atoms with Crippen LogP contribution in [0.25, 0.3) is 11.0 Å². The second kappa shape index (κ2) is 8.31. The molecule has 0 aliphatic carbocycles. The van der Waals surface area contributed by atoms with E-state index in [1.807, 2.05) is 0 Å². The lowest BCUT2D eigenvalue weighted by Gasteiger charge is -2.42. The van der Waals surface area contributed by atoms with Crippen molar-refractivity contribution in [3.8, 4) is 0 Å². The van der Waals surface area contributed by atoms with Gasteiger partial charge in [0, 0.05) is 56.0 Å². The van der Waals surface area contributed by atoms with Crippen molar-refractivity contribution >= 4 is 22.5 Å². The van der Waals surface area contributed by atoms with Gasteiger partial charge in [-0.3, -0.25) is 0 Å². The molecule has 5 heteroatoms. The van der Waals surface area contributed by atoms with Crippen LogP contribution < -0.4 is 9.80 Å². The molecule has 2 fully saturated rings.